The third-order valence-corrected chi connectivity index (χ3v) is 4.88. The van der Waals surface area contributed by atoms with Crippen LogP contribution in [-0.4, -0.2) is 18.4 Å². The van der Waals surface area contributed by atoms with Crippen molar-refractivity contribution in [2.45, 2.75) is 32.1 Å². The number of carbonyl (C=O) groups excluding carboxylic acids is 2. The number of nitrogens with zero attached hydrogens (tertiary/aromatic N) is 1. The van der Waals surface area contributed by atoms with Crippen molar-refractivity contribution in [1.82, 2.24) is 0 Å². The van der Waals surface area contributed by atoms with E-state index in [1.54, 1.807) is 0 Å². The molecular weight excluding hydrogens is 252 g/mol. The van der Waals surface area contributed by atoms with E-state index in [4.69, 9.17) is 0 Å². The van der Waals surface area contributed by atoms with E-state index in [1.165, 1.54) is 10.5 Å². The highest BCUT2D eigenvalue weighted by atomic mass is 16.2. The molecule has 2 heterocycles. The molecule has 4 nitrogen and oxygen atoms in total. The van der Waals surface area contributed by atoms with Crippen molar-refractivity contribution in [3.63, 3.8) is 0 Å². The summed E-state index contributed by atoms with van der Waals surface area (Å²) < 4.78 is 0. The fourth-order valence-corrected chi connectivity index (χ4v) is 3.83. The first-order valence-corrected chi connectivity index (χ1v) is 7.50. The van der Waals surface area contributed by atoms with Crippen LogP contribution >= 0.6 is 0 Å². The van der Waals surface area contributed by atoms with E-state index in [0.717, 1.165) is 50.0 Å². The first-order valence-electron chi connectivity index (χ1n) is 7.50. The second-order valence-electron chi connectivity index (χ2n) is 6.03. The Bertz CT molecular complexity index is 574. The summed E-state index contributed by atoms with van der Waals surface area (Å²) >= 11 is 0. The van der Waals surface area contributed by atoms with Gasteiger partial charge in [-0.15, -0.1) is 0 Å². The maximum absolute atomic E-state index is 12.5. The summed E-state index contributed by atoms with van der Waals surface area (Å²) in [7, 11) is 0. The molecule has 1 saturated carbocycles. The predicted molar refractivity (Wildman–Crippen MR) is 76.6 cm³/mol. The van der Waals surface area contributed by atoms with Crippen LogP contribution in [0.2, 0.25) is 0 Å². The highest BCUT2D eigenvalue weighted by Gasteiger charge is 2.50. The topological polar surface area (TPSA) is 49.4 Å². The normalized spacial score (nSPS) is 28.3. The van der Waals surface area contributed by atoms with Gasteiger partial charge in [0, 0.05) is 12.2 Å². The third kappa shape index (κ3) is 1.60. The lowest BCUT2D eigenvalue weighted by molar-refractivity contribution is -0.122. The number of benzene rings is 1. The summed E-state index contributed by atoms with van der Waals surface area (Å²) in [5, 5.41) is 3.36. The number of hydrogen-bond acceptors (Lipinski definition) is 3. The Balaban J connectivity index is 1.71. The molecule has 2 atom stereocenters. The molecule has 4 rings (SSSR count). The zero-order valence-electron chi connectivity index (χ0n) is 11.4. The molecule has 1 saturated heterocycles. The van der Waals surface area contributed by atoms with Crippen LogP contribution in [-0.2, 0) is 16.0 Å². The number of fused-ring (bicyclic) bond motifs is 2. The average molecular weight is 270 g/mol. The van der Waals surface area contributed by atoms with Crippen LogP contribution in [0.15, 0.2) is 18.2 Å². The fraction of sp³-hybridized carbons (Fsp3) is 0.500. The minimum Gasteiger partial charge on any atom is -0.385 e. The summed E-state index contributed by atoms with van der Waals surface area (Å²) in [4.78, 5) is 26.3. The fourth-order valence-electron chi connectivity index (χ4n) is 3.83. The molecule has 2 unspecified atom stereocenters. The van der Waals surface area contributed by atoms with E-state index in [0.29, 0.717) is 0 Å². The predicted octanol–water partition coefficient (Wildman–Crippen LogP) is 2.33. The number of rotatable bonds is 1. The summed E-state index contributed by atoms with van der Waals surface area (Å²) in [6, 6.07) is 5.93. The molecule has 1 N–H and O–H groups in total. The van der Waals surface area contributed by atoms with Gasteiger partial charge in [0.15, 0.2) is 0 Å². The van der Waals surface area contributed by atoms with Crippen molar-refractivity contribution in [2.24, 2.45) is 11.8 Å². The second kappa shape index (κ2) is 4.33. The Labute approximate surface area is 118 Å². The molecule has 0 aromatic heterocycles. The Kier molecular flexibility index (Phi) is 2.59. The van der Waals surface area contributed by atoms with Gasteiger partial charge in [-0.1, -0.05) is 12.5 Å². The van der Waals surface area contributed by atoms with Gasteiger partial charge in [-0.2, -0.15) is 0 Å². The summed E-state index contributed by atoms with van der Waals surface area (Å²) in [6.07, 6.45) is 4.95. The number of aryl methyl sites for hydroxylation is 1. The number of hydrogen-bond donors (Lipinski definition) is 1. The highest BCUT2D eigenvalue weighted by Crippen LogP contribution is 2.42. The number of carbonyl (C=O) groups is 2. The lowest BCUT2D eigenvalue weighted by Crippen LogP contribution is -2.31. The maximum Gasteiger partial charge on any atom is 0.237 e. The Morgan fingerprint density at radius 3 is 2.55 bits per heavy atom. The minimum atomic E-state index is -0.0634. The number of amides is 2. The van der Waals surface area contributed by atoms with Crippen molar-refractivity contribution in [3.05, 3.63) is 23.8 Å². The standard InChI is InChI=1S/C16H18N2O2/c19-15-12-4-1-5-13(12)16(20)18(15)11-7-6-10-3-2-8-17-14(10)9-11/h6-7,9,12-13,17H,1-5,8H2. The quantitative estimate of drug-likeness (QED) is 0.797. The van der Waals surface area contributed by atoms with Crippen LogP contribution in [0.3, 0.4) is 0 Å². The Morgan fingerprint density at radius 2 is 1.80 bits per heavy atom. The molecule has 2 aliphatic heterocycles. The summed E-state index contributed by atoms with van der Waals surface area (Å²) in [5.74, 6) is -0.112. The molecule has 1 aliphatic carbocycles. The largest absolute Gasteiger partial charge is 0.385 e. The Morgan fingerprint density at radius 1 is 1.05 bits per heavy atom. The number of anilines is 2. The summed E-state index contributed by atoms with van der Waals surface area (Å²) in [6.45, 7) is 0.962. The second-order valence-corrected chi connectivity index (χ2v) is 6.03. The Hall–Kier alpha value is -1.84. The average Bonchev–Trinajstić information content (AvgIpc) is 3.04. The van der Waals surface area contributed by atoms with Crippen molar-refractivity contribution >= 4 is 23.2 Å². The van der Waals surface area contributed by atoms with Gasteiger partial charge in [0.25, 0.3) is 0 Å². The first kappa shape index (κ1) is 11.9. The van der Waals surface area contributed by atoms with E-state index in [2.05, 4.69) is 5.32 Å². The number of imide groups is 1. The first-order chi connectivity index (χ1) is 9.75. The van der Waals surface area contributed by atoms with E-state index < -0.39 is 0 Å². The van der Waals surface area contributed by atoms with Gasteiger partial charge in [-0.3, -0.25) is 9.59 Å². The van der Waals surface area contributed by atoms with Crippen molar-refractivity contribution in [3.8, 4) is 0 Å². The van der Waals surface area contributed by atoms with E-state index in [1.807, 2.05) is 18.2 Å². The van der Waals surface area contributed by atoms with Gasteiger partial charge in [-0.05, 0) is 43.4 Å². The molecule has 104 valence electrons. The van der Waals surface area contributed by atoms with E-state index in [9.17, 15) is 9.59 Å². The summed E-state index contributed by atoms with van der Waals surface area (Å²) in [5.41, 5.74) is 3.09. The van der Waals surface area contributed by atoms with E-state index in [-0.39, 0.29) is 23.7 Å². The van der Waals surface area contributed by atoms with Crippen LogP contribution in [0.25, 0.3) is 0 Å². The smallest absolute Gasteiger partial charge is 0.237 e. The van der Waals surface area contributed by atoms with Crippen LogP contribution in [0, 0.1) is 11.8 Å². The van der Waals surface area contributed by atoms with Gasteiger partial charge >= 0.3 is 0 Å². The molecular formula is C16H18N2O2. The highest BCUT2D eigenvalue weighted by molar-refractivity contribution is 6.22. The van der Waals surface area contributed by atoms with Crippen LogP contribution in [0.4, 0.5) is 11.4 Å². The van der Waals surface area contributed by atoms with Crippen LogP contribution in [0.1, 0.15) is 31.2 Å². The molecule has 0 spiro atoms. The van der Waals surface area contributed by atoms with Gasteiger partial charge in [0.2, 0.25) is 11.8 Å². The lowest BCUT2D eigenvalue weighted by Gasteiger charge is -2.22. The minimum absolute atomic E-state index is 0.00765. The molecule has 1 aromatic carbocycles. The molecule has 0 bridgehead atoms. The number of nitrogens with one attached hydrogen (secondary N) is 1. The van der Waals surface area contributed by atoms with Crippen molar-refractivity contribution in [1.29, 1.82) is 0 Å². The van der Waals surface area contributed by atoms with Crippen molar-refractivity contribution < 1.29 is 9.59 Å². The monoisotopic (exact) mass is 270 g/mol. The van der Waals surface area contributed by atoms with Gasteiger partial charge in [0.05, 0.1) is 17.5 Å². The molecule has 1 aromatic rings. The van der Waals surface area contributed by atoms with Gasteiger partial charge in [0.1, 0.15) is 0 Å². The van der Waals surface area contributed by atoms with Crippen LogP contribution < -0.4 is 10.2 Å². The molecule has 0 radical (unpaired) electrons. The third-order valence-electron chi connectivity index (χ3n) is 4.88. The van der Waals surface area contributed by atoms with E-state index >= 15 is 0 Å². The van der Waals surface area contributed by atoms with Gasteiger partial charge < -0.3 is 5.32 Å². The zero-order valence-corrected chi connectivity index (χ0v) is 11.4. The SMILES string of the molecule is O=C1C2CCCC2C(=O)N1c1ccc2c(c1)NCCC2. The molecule has 3 aliphatic rings. The molecule has 4 heteroatoms. The van der Waals surface area contributed by atoms with Crippen molar-refractivity contribution in [2.75, 3.05) is 16.8 Å². The van der Waals surface area contributed by atoms with Gasteiger partial charge in [-0.25, -0.2) is 4.90 Å². The lowest BCUT2D eigenvalue weighted by atomic mass is 10.00. The molecule has 2 amide bonds. The van der Waals surface area contributed by atoms with Crippen LogP contribution in [0.5, 0.6) is 0 Å². The zero-order chi connectivity index (χ0) is 13.7. The molecule has 2 fully saturated rings. The molecule has 20 heavy (non-hydrogen) atoms. The maximum atomic E-state index is 12.5.